The monoisotopic (exact) mass is 292 g/mol. The summed E-state index contributed by atoms with van der Waals surface area (Å²) < 4.78 is 3.58. The molecule has 0 bridgehead atoms. The van der Waals surface area contributed by atoms with Crippen molar-refractivity contribution in [1.29, 1.82) is 0 Å². The van der Waals surface area contributed by atoms with E-state index in [1.165, 1.54) is 0 Å². The van der Waals surface area contributed by atoms with E-state index in [2.05, 4.69) is 11.9 Å². The number of para-hydroxylation sites is 1. The Bertz CT molecular complexity index is 1070. The molecule has 0 N–H and O–H groups in total. The fraction of sp³-hybridized carbons (Fsp3) is 0.235. The summed E-state index contributed by atoms with van der Waals surface area (Å²) in [6.07, 6.45) is 5.43. The zero-order chi connectivity index (χ0) is 15.3. The predicted molar refractivity (Wildman–Crippen MR) is 87.2 cm³/mol. The second-order valence-corrected chi connectivity index (χ2v) is 5.51. The van der Waals surface area contributed by atoms with Gasteiger partial charge in [-0.1, -0.05) is 31.5 Å². The van der Waals surface area contributed by atoms with Crippen molar-refractivity contribution in [2.45, 2.75) is 19.8 Å². The van der Waals surface area contributed by atoms with Crippen LogP contribution >= 0.6 is 0 Å². The second-order valence-electron chi connectivity index (χ2n) is 5.51. The lowest BCUT2D eigenvalue weighted by Gasteiger charge is -2.12. The maximum Gasteiger partial charge on any atom is 0.263 e. The van der Waals surface area contributed by atoms with Crippen LogP contribution < -0.4 is 5.56 Å². The first-order valence-electron chi connectivity index (χ1n) is 7.45. The summed E-state index contributed by atoms with van der Waals surface area (Å²) in [5, 5.41) is 1.62. The van der Waals surface area contributed by atoms with Gasteiger partial charge in [0.25, 0.3) is 5.56 Å². The molecule has 0 radical (unpaired) electrons. The van der Waals surface area contributed by atoms with Crippen LogP contribution in [-0.4, -0.2) is 18.9 Å². The molecular weight excluding hydrogens is 276 g/mol. The Hall–Kier alpha value is -2.69. The summed E-state index contributed by atoms with van der Waals surface area (Å²) in [7, 11) is 1.76. The molecule has 0 atom stereocenters. The van der Waals surface area contributed by atoms with E-state index in [1.54, 1.807) is 17.8 Å². The van der Waals surface area contributed by atoms with Crippen LogP contribution in [0.15, 0.2) is 41.5 Å². The smallest absolute Gasteiger partial charge is 0.263 e. The van der Waals surface area contributed by atoms with Crippen LogP contribution in [0.4, 0.5) is 0 Å². The van der Waals surface area contributed by atoms with Gasteiger partial charge in [-0.2, -0.15) is 0 Å². The number of fused-ring (bicyclic) bond motifs is 5. The van der Waals surface area contributed by atoms with E-state index < -0.39 is 0 Å². The fourth-order valence-corrected chi connectivity index (χ4v) is 3.12. The largest absolute Gasteiger partial charge is 0.283 e. The standard InChI is InChI=1S/C17H16N4O/c1-3-6-13-15-14(11-7-4-5-8-12(11)19-13)16(22)20(2)17-18-9-10-21(15)17/h4-5,7-10H,3,6H2,1-2H3. The van der Waals surface area contributed by atoms with Crippen LogP contribution in [0.1, 0.15) is 19.0 Å². The van der Waals surface area contributed by atoms with Crippen molar-refractivity contribution in [2.24, 2.45) is 7.05 Å². The molecule has 0 spiro atoms. The number of hydrogen-bond donors (Lipinski definition) is 0. The minimum atomic E-state index is -0.0235. The van der Waals surface area contributed by atoms with Crippen molar-refractivity contribution < 1.29 is 0 Å². The lowest BCUT2D eigenvalue weighted by Crippen LogP contribution is -2.21. The SMILES string of the molecule is CCCc1nc2ccccc2c2c(=O)n(C)c3nccn3c12. The molecule has 0 fully saturated rings. The van der Waals surface area contributed by atoms with Gasteiger partial charge >= 0.3 is 0 Å². The Morgan fingerprint density at radius 3 is 2.86 bits per heavy atom. The first-order valence-corrected chi connectivity index (χ1v) is 7.45. The van der Waals surface area contributed by atoms with E-state index >= 15 is 0 Å². The number of hydrogen-bond acceptors (Lipinski definition) is 3. The number of imidazole rings is 1. The molecule has 0 saturated heterocycles. The molecule has 0 aliphatic carbocycles. The van der Waals surface area contributed by atoms with Crippen molar-refractivity contribution in [3.63, 3.8) is 0 Å². The quantitative estimate of drug-likeness (QED) is 0.534. The van der Waals surface area contributed by atoms with Crippen LogP contribution in [-0.2, 0) is 13.5 Å². The second kappa shape index (κ2) is 4.66. The van der Waals surface area contributed by atoms with Gasteiger partial charge in [0.1, 0.15) is 0 Å². The molecule has 1 aromatic carbocycles. The van der Waals surface area contributed by atoms with Crippen LogP contribution in [0, 0.1) is 0 Å². The summed E-state index contributed by atoms with van der Waals surface area (Å²) in [4.78, 5) is 22.0. The van der Waals surface area contributed by atoms with Gasteiger partial charge in [0.05, 0.1) is 22.1 Å². The number of aryl methyl sites for hydroxylation is 2. The van der Waals surface area contributed by atoms with Crippen LogP contribution in [0.3, 0.4) is 0 Å². The Morgan fingerprint density at radius 1 is 1.23 bits per heavy atom. The van der Waals surface area contributed by atoms with Gasteiger partial charge in [-0.05, 0) is 12.5 Å². The normalized spacial score (nSPS) is 11.7. The number of aromatic nitrogens is 4. The summed E-state index contributed by atoms with van der Waals surface area (Å²) in [5.41, 5.74) is 2.69. The highest BCUT2D eigenvalue weighted by atomic mass is 16.1. The maximum atomic E-state index is 12.9. The van der Waals surface area contributed by atoms with Gasteiger partial charge in [0.2, 0.25) is 5.78 Å². The van der Waals surface area contributed by atoms with E-state index in [1.807, 2.05) is 34.9 Å². The van der Waals surface area contributed by atoms with Gasteiger partial charge in [-0.25, -0.2) is 4.98 Å². The summed E-state index contributed by atoms with van der Waals surface area (Å²) in [6, 6.07) is 7.83. The Labute approximate surface area is 126 Å². The lowest BCUT2D eigenvalue weighted by molar-refractivity contribution is 0.852. The van der Waals surface area contributed by atoms with E-state index in [0.29, 0.717) is 5.78 Å². The Morgan fingerprint density at radius 2 is 2.05 bits per heavy atom. The van der Waals surface area contributed by atoms with Crippen LogP contribution in [0.25, 0.3) is 27.6 Å². The highest BCUT2D eigenvalue weighted by Gasteiger charge is 2.16. The summed E-state index contributed by atoms with van der Waals surface area (Å²) in [6.45, 7) is 2.12. The van der Waals surface area contributed by atoms with Gasteiger partial charge in [-0.15, -0.1) is 0 Å². The van der Waals surface area contributed by atoms with E-state index in [0.717, 1.165) is 40.3 Å². The molecule has 3 heterocycles. The van der Waals surface area contributed by atoms with Crippen molar-refractivity contribution in [2.75, 3.05) is 0 Å². The van der Waals surface area contributed by atoms with E-state index in [-0.39, 0.29) is 5.56 Å². The minimum Gasteiger partial charge on any atom is -0.283 e. The van der Waals surface area contributed by atoms with Crippen LogP contribution in [0.5, 0.6) is 0 Å². The molecule has 4 aromatic rings. The molecule has 5 nitrogen and oxygen atoms in total. The zero-order valence-electron chi connectivity index (χ0n) is 12.6. The topological polar surface area (TPSA) is 52.2 Å². The average Bonchev–Trinajstić information content (AvgIpc) is 3.01. The Balaban J connectivity index is 2.38. The molecule has 5 heteroatoms. The van der Waals surface area contributed by atoms with Crippen molar-refractivity contribution >= 4 is 27.6 Å². The molecule has 0 aliphatic heterocycles. The molecule has 3 aromatic heterocycles. The third kappa shape index (κ3) is 1.62. The fourth-order valence-electron chi connectivity index (χ4n) is 3.12. The molecule has 0 saturated carbocycles. The highest BCUT2D eigenvalue weighted by molar-refractivity contribution is 6.05. The number of nitrogens with zero attached hydrogens (tertiary/aromatic N) is 4. The Kier molecular flexibility index (Phi) is 2.76. The van der Waals surface area contributed by atoms with E-state index in [9.17, 15) is 4.79 Å². The number of pyridine rings is 1. The number of benzene rings is 1. The molecule has 22 heavy (non-hydrogen) atoms. The van der Waals surface area contributed by atoms with Gasteiger partial charge in [0.15, 0.2) is 0 Å². The first kappa shape index (κ1) is 13.0. The number of rotatable bonds is 2. The van der Waals surface area contributed by atoms with Crippen molar-refractivity contribution in [3.8, 4) is 0 Å². The third-order valence-electron chi connectivity index (χ3n) is 4.11. The third-order valence-corrected chi connectivity index (χ3v) is 4.11. The molecule has 0 amide bonds. The predicted octanol–water partition coefficient (Wildman–Crippen LogP) is 2.69. The van der Waals surface area contributed by atoms with Gasteiger partial charge in [0, 0.05) is 24.8 Å². The van der Waals surface area contributed by atoms with Crippen molar-refractivity contribution in [1.82, 2.24) is 18.9 Å². The minimum absolute atomic E-state index is 0.0235. The zero-order valence-corrected chi connectivity index (χ0v) is 12.6. The first-order chi connectivity index (χ1) is 10.7. The van der Waals surface area contributed by atoms with Gasteiger partial charge < -0.3 is 0 Å². The average molecular weight is 292 g/mol. The molecule has 4 rings (SSSR count). The lowest BCUT2D eigenvalue weighted by atomic mass is 10.1. The molecule has 0 unspecified atom stereocenters. The maximum absolute atomic E-state index is 12.9. The molecule has 0 aliphatic rings. The molecular formula is C17H16N4O. The van der Waals surface area contributed by atoms with E-state index in [4.69, 9.17) is 4.98 Å². The van der Waals surface area contributed by atoms with Gasteiger partial charge in [-0.3, -0.25) is 18.7 Å². The highest BCUT2D eigenvalue weighted by Crippen LogP contribution is 2.25. The van der Waals surface area contributed by atoms with Crippen molar-refractivity contribution in [3.05, 3.63) is 52.7 Å². The van der Waals surface area contributed by atoms with Crippen LogP contribution in [0.2, 0.25) is 0 Å². The summed E-state index contributed by atoms with van der Waals surface area (Å²) >= 11 is 0. The summed E-state index contributed by atoms with van der Waals surface area (Å²) in [5.74, 6) is 0.645. The molecule has 110 valence electrons.